The van der Waals surface area contributed by atoms with E-state index in [0.717, 1.165) is 31.8 Å². The number of ether oxygens (including phenoxy) is 1. The fourth-order valence-corrected chi connectivity index (χ4v) is 2.70. The van der Waals surface area contributed by atoms with Crippen LogP contribution in [0.15, 0.2) is 36.0 Å². The summed E-state index contributed by atoms with van der Waals surface area (Å²) in [6.07, 6.45) is 6.25. The molecule has 1 amide bonds. The van der Waals surface area contributed by atoms with E-state index in [4.69, 9.17) is 5.11 Å². The van der Waals surface area contributed by atoms with Gasteiger partial charge in [-0.2, -0.15) is 0 Å². The smallest absolute Gasteiger partial charge is 0.335 e. The van der Waals surface area contributed by atoms with E-state index < -0.39 is 11.9 Å². The Morgan fingerprint density at radius 1 is 1.12 bits per heavy atom. The second kappa shape index (κ2) is 8.86. The number of rotatable bonds is 6. The number of nitrogens with one attached hydrogen (secondary N) is 2. The van der Waals surface area contributed by atoms with E-state index in [1.54, 1.807) is 0 Å². The Morgan fingerprint density at radius 3 is 2.32 bits per heavy atom. The van der Waals surface area contributed by atoms with Crippen LogP contribution in [0.4, 0.5) is 5.69 Å². The number of hydrogen-bond acceptors (Lipinski definition) is 5. The number of methoxy groups -OCH3 is 1. The molecule has 1 saturated carbocycles. The topological polar surface area (TPSA) is 105 Å². The predicted octanol–water partition coefficient (Wildman–Crippen LogP) is 2.30. The molecule has 1 fully saturated rings. The van der Waals surface area contributed by atoms with Crippen molar-refractivity contribution in [2.45, 2.75) is 38.1 Å². The van der Waals surface area contributed by atoms with E-state index in [9.17, 15) is 14.4 Å². The van der Waals surface area contributed by atoms with Crippen molar-refractivity contribution < 1.29 is 24.2 Å². The lowest BCUT2D eigenvalue weighted by Gasteiger charge is -2.23. The SMILES string of the molecule is COC(=O)/C=C(/Nc1ccc(C(=O)O)cc1)C(=O)NC1CCCCC1. The molecule has 0 bridgehead atoms. The fourth-order valence-electron chi connectivity index (χ4n) is 2.70. The van der Waals surface area contributed by atoms with Crippen LogP contribution in [0, 0.1) is 0 Å². The van der Waals surface area contributed by atoms with Crippen LogP contribution < -0.4 is 10.6 Å². The summed E-state index contributed by atoms with van der Waals surface area (Å²) >= 11 is 0. The van der Waals surface area contributed by atoms with Gasteiger partial charge in [0.15, 0.2) is 0 Å². The molecular formula is C18H22N2O5. The number of hydrogen-bond donors (Lipinski definition) is 3. The summed E-state index contributed by atoms with van der Waals surface area (Å²) in [6.45, 7) is 0. The van der Waals surface area contributed by atoms with E-state index in [0.29, 0.717) is 5.69 Å². The van der Waals surface area contributed by atoms with Crippen LogP contribution in [0.2, 0.25) is 0 Å². The van der Waals surface area contributed by atoms with Crippen LogP contribution in [0.5, 0.6) is 0 Å². The standard InChI is InChI=1S/C18H22N2O5/c1-25-16(21)11-15(17(22)20-13-5-3-2-4-6-13)19-14-9-7-12(8-10-14)18(23)24/h7-11,13,19H,2-6H2,1H3,(H,20,22)(H,23,24)/b15-11+. The quantitative estimate of drug-likeness (QED) is 0.539. The van der Waals surface area contributed by atoms with Gasteiger partial charge < -0.3 is 20.5 Å². The van der Waals surface area contributed by atoms with Crippen molar-refractivity contribution in [1.82, 2.24) is 5.32 Å². The molecule has 1 aromatic rings. The van der Waals surface area contributed by atoms with Crippen molar-refractivity contribution in [3.8, 4) is 0 Å². The molecule has 7 nitrogen and oxygen atoms in total. The molecule has 7 heteroatoms. The number of carboxylic acids is 1. The minimum Gasteiger partial charge on any atom is -0.478 e. The van der Waals surface area contributed by atoms with E-state index in [1.807, 2.05) is 0 Å². The molecular weight excluding hydrogens is 324 g/mol. The molecule has 0 spiro atoms. The molecule has 3 N–H and O–H groups in total. The monoisotopic (exact) mass is 346 g/mol. The van der Waals surface area contributed by atoms with Crippen LogP contribution in [-0.2, 0) is 14.3 Å². The summed E-state index contributed by atoms with van der Waals surface area (Å²) in [4.78, 5) is 34.9. The van der Waals surface area contributed by atoms with Gasteiger partial charge in [-0.15, -0.1) is 0 Å². The molecule has 1 aliphatic carbocycles. The van der Waals surface area contributed by atoms with Crippen molar-refractivity contribution in [3.63, 3.8) is 0 Å². The first-order valence-corrected chi connectivity index (χ1v) is 8.20. The number of carbonyl (C=O) groups is 3. The molecule has 0 aliphatic heterocycles. The van der Waals surface area contributed by atoms with E-state index in [1.165, 1.54) is 37.8 Å². The zero-order valence-corrected chi connectivity index (χ0v) is 14.1. The highest BCUT2D eigenvalue weighted by atomic mass is 16.5. The molecule has 0 unspecified atom stereocenters. The van der Waals surface area contributed by atoms with Gasteiger partial charge in [0.1, 0.15) is 5.70 Å². The number of esters is 1. The Morgan fingerprint density at radius 2 is 1.76 bits per heavy atom. The summed E-state index contributed by atoms with van der Waals surface area (Å²) in [7, 11) is 1.23. The molecule has 0 atom stereocenters. The second-order valence-corrected chi connectivity index (χ2v) is 5.90. The lowest BCUT2D eigenvalue weighted by molar-refractivity contribution is -0.135. The summed E-state index contributed by atoms with van der Waals surface area (Å²) in [6, 6.07) is 5.99. The lowest BCUT2D eigenvalue weighted by Crippen LogP contribution is -2.38. The van der Waals surface area contributed by atoms with Crippen LogP contribution in [0.1, 0.15) is 42.5 Å². The van der Waals surface area contributed by atoms with Gasteiger partial charge in [0.05, 0.1) is 18.7 Å². The molecule has 0 saturated heterocycles. The predicted molar refractivity (Wildman–Crippen MR) is 92.1 cm³/mol. The third-order valence-corrected chi connectivity index (χ3v) is 4.06. The molecule has 2 rings (SSSR count). The molecule has 134 valence electrons. The molecule has 25 heavy (non-hydrogen) atoms. The van der Waals surface area contributed by atoms with E-state index in [2.05, 4.69) is 15.4 Å². The van der Waals surface area contributed by atoms with Crippen LogP contribution in [0.25, 0.3) is 0 Å². The lowest BCUT2D eigenvalue weighted by atomic mass is 9.95. The van der Waals surface area contributed by atoms with E-state index in [-0.39, 0.29) is 23.2 Å². The number of aromatic carboxylic acids is 1. The number of anilines is 1. The Kier molecular flexibility index (Phi) is 6.56. The third kappa shape index (κ3) is 5.63. The summed E-state index contributed by atoms with van der Waals surface area (Å²) in [5.41, 5.74) is 0.690. The Labute approximate surface area is 146 Å². The van der Waals surface area contributed by atoms with Crippen molar-refractivity contribution in [2.24, 2.45) is 0 Å². The maximum atomic E-state index is 12.5. The maximum Gasteiger partial charge on any atom is 0.335 e. The first kappa shape index (κ1) is 18.5. The first-order chi connectivity index (χ1) is 12.0. The maximum absolute atomic E-state index is 12.5. The normalized spacial score (nSPS) is 15.3. The molecule has 1 aliphatic rings. The van der Waals surface area contributed by atoms with Gasteiger partial charge in [-0.05, 0) is 37.1 Å². The number of amides is 1. The van der Waals surface area contributed by atoms with Gasteiger partial charge in [-0.1, -0.05) is 19.3 Å². The molecule has 0 heterocycles. The molecule has 1 aromatic carbocycles. The largest absolute Gasteiger partial charge is 0.478 e. The average molecular weight is 346 g/mol. The van der Waals surface area contributed by atoms with Gasteiger partial charge >= 0.3 is 11.9 Å². The molecule has 0 radical (unpaired) electrons. The van der Waals surface area contributed by atoms with Crippen molar-refractivity contribution in [2.75, 3.05) is 12.4 Å². The number of benzene rings is 1. The van der Waals surface area contributed by atoms with Crippen LogP contribution in [0.3, 0.4) is 0 Å². The summed E-state index contributed by atoms with van der Waals surface area (Å²) in [5.74, 6) is -2.07. The minimum absolute atomic E-state index is 0.0560. The first-order valence-electron chi connectivity index (χ1n) is 8.20. The van der Waals surface area contributed by atoms with E-state index >= 15 is 0 Å². The zero-order chi connectivity index (χ0) is 18.2. The molecule has 0 aromatic heterocycles. The Hall–Kier alpha value is -2.83. The fraction of sp³-hybridized carbons (Fsp3) is 0.389. The van der Waals surface area contributed by atoms with Gasteiger partial charge in [-0.3, -0.25) is 4.79 Å². The third-order valence-electron chi connectivity index (χ3n) is 4.06. The highest BCUT2D eigenvalue weighted by Gasteiger charge is 2.19. The van der Waals surface area contributed by atoms with Crippen molar-refractivity contribution >= 4 is 23.5 Å². The van der Waals surface area contributed by atoms with Gasteiger partial charge in [-0.25, -0.2) is 9.59 Å². The van der Waals surface area contributed by atoms with Crippen LogP contribution >= 0.6 is 0 Å². The number of carbonyl (C=O) groups excluding carboxylic acids is 2. The number of carboxylic acid groups (broad SMARTS) is 1. The van der Waals surface area contributed by atoms with Crippen molar-refractivity contribution in [1.29, 1.82) is 0 Å². The van der Waals surface area contributed by atoms with Gasteiger partial charge in [0.25, 0.3) is 5.91 Å². The Bertz CT molecular complexity index is 661. The minimum atomic E-state index is -1.04. The van der Waals surface area contributed by atoms with Gasteiger partial charge in [0.2, 0.25) is 0 Å². The summed E-state index contributed by atoms with van der Waals surface area (Å²) < 4.78 is 4.60. The zero-order valence-electron chi connectivity index (χ0n) is 14.1. The highest BCUT2D eigenvalue weighted by Crippen LogP contribution is 2.18. The summed E-state index contributed by atoms with van der Waals surface area (Å²) in [5, 5.41) is 14.7. The Balaban J connectivity index is 2.11. The van der Waals surface area contributed by atoms with Crippen LogP contribution in [-0.4, -0.2) is 36.1 Å². The van der Waals surface area contributed by atoms with Gasteiger partial charge in [0, 0.05) is 11.7 Å². The average Bonchev–Trinajstić information content (AvgIpc) is 2.62. The second-order valence-electron chi connectivity index (χ2n) is 5.90. The highest BCUT2D eigenvalue weighted by molar-refractivity contribution is 6.02. The van der Waals surface area contributed by atoms with Crippen molar-refractivity contribution in [3.05, 3.63) is 41.6 Å².